The van der Waals surface area contributed by atoms with Gasteiger partial charge in [-0.15, -0.1) is 5.10 Å². The number of H-pyrrole nitrogens is 1. The van der Waals surface area contributed by atoms with Crippen molar-refractivity contribution in [3.8, 4) is 6.07 Å². The van der Waals surface area contributed by atoms with Gasteiger partial charge in [-0.1, -0.05) is 58.4 Å². The molecule has 4 aromatic rings. The van der Waals surface area contributed by atoms with Crippen molar-refractivity contribution in [1.82, 2.24) is 25.0 Å². The minimum absolute atomic E-state index is 0.212. The Balaban J connectivity index is 1.45. The van der Waals surface area contributed by atoms with E-state index >= 15 is 0 Å². The molecule has 166 valence electrons. The lowest BCUT2D eigenvalue weighted by Gasteiger charge is -2.09. The summed E-state index contributed by atoms with van der Waals surface area (Å²) in [6.07, 6.45) is 2.20. The smallest absolute Gasteiger partial charge is 0.265 e. The summed E-state index contributed by atoms with van der Waals surface area (Å²) in [5.41, 5.74) is 3.52. The Morgan fingerprint density at radius 3 is 2.58 bits per heavy atom. The highest BCUT2D eigenvalue weighted by atomic mass is 127. The summed E-state index contributed by atoms with van der Waals surface area (Å²) < 4.78 is 2.23. The lowest BCUT2D eigenvalue weighted by molar-refractivity contribution is 0.649. The summed E-state index contributed by atoms with van der Waals surface area (Å²) in [6, 6.07) is 14.7. The van der Waals surface area contributed by atoms with Gasteiger partial charge in [-0.05, 0) is 58.0 Å². The van der Waals surface area contributed by atoms with Gasteiger partial charge >= 0.3 is 0 Å². The van der Waals surface area contributed by atoms with Crippen LogP contribution in [0.5, 0.6) is 0 Å². The monoisotopic (exact) mass is 608 g/mol. The molecule has 0 aliphatic rings. The second kappa shape index (κ2) is 10.7. The Morgan fingerprint density at radius 2 is 1.88 bits per heavy atom. The minimum atomic E-state index is -0.212. The van der Waals surface area contributed by atoms with Crippen molar-refractivity contribution >= 4 is 57.6 Å². The standard InChI is InChI=1S/C22H15Cl2IN6OS/c23-17-2-1-3-18(24)16(17)8-19-20(25)21(32)28-22(27-19)33-12-15-11-31(30-29-15)10-14-6-4-13(9-26)5-7-14/h1-7,11H,8,10,12H2,(H,27,28,32). The molecular formula is C22H15Cl2IN6OS. The van der Waals surface area contributed by atoms with E-state index in [0.717, 1.165) is 16.8 Å². The first kappa shape index (κ1) is 23.8. The number of halogens is 3. The average molecular weight is 609 g/mol. The van der Waals surface area contributed by atoms with Crippen molar-refractivity contribution in [3.63, 3.8) is 0 Å². The van der Waals surface area contributed by atoms with E-state index in [1.54, 1.807) is 35.0 Å². The van der Waals surface area contributed by atoms with Crippen LogP contribution >= 0.6 is 57.6 Å². The predicted molar refractivity (Wildman–Crippen MR) is 137 cm³/mol. The van der Waals surface area contributed by atoms with Crippen LogP contribution in [0.4, 0.5) is 0 Å². The zero-order valence-corrected chi connectivity index (χ0v) is 21.4. The summed E-state index contributed by atoms with van der Waals surface area (Å²) in [6.45, 7) is 0.546. The van der Waals surface area contributed by atoms with Gasteiger partial charge in [0.2, 0.25) is 0 Å². The van der Waals surface area contributed by atoms with Crippen LogP contribution < -0.4 is 5.56 Å². The molecule has 2 heterocycles. The van der Waals surface area contributed by atoms with E-state index in [0.29, 0.717) is 48.7 Å². The fraction of sp³-hybridized carbons (Fsp3) is 0.136. The van der Waals surface area contributed by atoms with Gasteiger partial charge in [-0.2, -0.15) is 5.26 Å². The van der Waals surface area contributed by atoms with Crippen LogP contribution in [0.2, 0.25) is 10.0 Å². The van der Waals surface area contributed by atoms with E-state index in [9.17, 15) is 4.79 Å². The fourth-order valence-electron chi connectivity index (χ4n) is 3.03. The Labute approximate surface area is 217 Å². The highest BCUT2D eigenvalue weighted by Gasteiger charge is 2.14. The molecule has 0 unspecified atom stereocenters. The van der Waals surface area contributed by atoms with Gasteiger partial charge in [0, 0.05) is 28.4 Å². The third-order valence-corrected chi connectivity index (χ3v) is 7.41. The number of benzene rings is 2. The summed E-state index contributed by atoms with van der Waals surface area (Å²) in [5, 5.41) is 18.8. The van der Waals surface area contributed by atoms with Crippen molar-refractivity contribution < 1.29 is 0 Å². The number of nitrogens with zero attached hydrogens (tertiary/aromatic N) is 5. The molecule has 2 aromatic carbocycles. The lowest BCUT2D eigenvalue weighted by Crippen LogP contribution is -2.16. The minimum Gasteiger partial charge on any atom is -0.301 e. The van der Waals surface area contributed by atoms with E-state index in [-0.39, 0.29) is 5.56 Å². The van der Waals surface area contributed by atoms with Crippen molar-refractivity contribution in [2.24, 2.45) is 0 Å². The van der Waals surface area contributed by atoms with Crippen LogP contribution in [0.15, 0.2) is 58.6 Å². The van der Waals surface area contributed by atoms with Crippen LogP contribution in [0.1, 0.15) is 28.1 Å². The third kappa shape index (κ3) is 5.95. The molecule has 0 saturated heterocycles. The molecule has 0 saturated carbocycles. The molecule has 0 aliphatic heterocycles. The average Bonchev–Trinajstić information content (AvgIpc) is 3.25. The number of nitriles is 1. The third-order valence-electron chi connectivity index (χ3n) is 4.69. The molecule has 33 heavy (non-hydrogen) atoms. The molecule has 0 fully saturated rings. The van der Waals surface area contributed by atoms with Gasteiger partial charge in [0.05, 0.1) is 29.6 Å². The van der Waals surface area contributed by atoms with Gasteiger partial charge < -0.3 is 4.98 Å². The summed E-state index contributed by atoms with van der Waals surface area (Å²) in [5.74, 6) is 0.489. The number of aromatic nitrogens is 5. The highest BCUT2D eigenvalue weighted by molar-refractivity contribution is 14.1. The molecule has 0 aliphatic carbocycles. The maximum atomic E-state index is 12.5. The van der Waals surface area contributed by atoms with Crippen molar-refractivity contribution in [2.75, 3.05) is 0 Å². The highest BCUT2D eigenvalue weighted by Crippen LogP contribution is 2.28. The number of hydrogen-bond acceptors (Lipinski definition) is 6. The number of aromatic amines is 1. The maximum Gasteiger partial charge on any atom is 0.265 e. The van der Waals surface area contributed by atoms with Crippen LogP contribution in [-0.4, -0.2) is 25.0 Å². The molecular weight excluding hydrogens is 594 g/mol. The number of hydrogen-bond donors (Lipinski definition) is 1. The van der Waals surface area contributed by atoms with E-state index in [2.05, 4.69) is 26.3 Å². The molecule has 0 atom stereocenters. The molecule has 0 radical (unpaired) electrons. The van der Waals surface area contributed by atoms with Gasteiger partial charge in [0.15, 0.2) is 5.16 Å². The Kier molecular flexibility index (Phi) is 7.70. The first-order chi connectivity index (χ1) is 15.9. The first-order valence-electron chi connectivity index (χ1n) is 9.65. The van der Waals surface area contributed by atoms with Crippen LogP contribution in [0, 0.1) is 14.9 Å². The maximum absolute atomic E-state index is 12.5. The van der Waals surface area contributed by atoms with E-state index in [4.69, 9.17) is 28.5 Å². The van der Waals surface area contributed by atoms with E-state index in [1.165, 1.54) is 11.8 Å². The molecule has 11 heteroatoms. The second-order valence-electron chi connectivity index (χ2n) is 7.01. The predicted octanol–water partition coefficient (Wildman–Crippen LogP) is 5.08. The molecule has 1 N–H and O–H groups in total. The van der Waals surface area contributed by atoms with Gasteiger partial charge in [0.1, 0.15) is 3.57 Å². The van der Waals surface area contributed by atoms with Gasteiger partial charge in [0.25, 0.3) is 5.56 Å². The first-order valence-corrected chi connectivity index (χ1v) is 12.5. The van der Waals surface area contributed by atoms with Crippen LogP contribution in [0.25, 0.3) is 0 Å². The summed E-state index contributed by atoms with van der Waals surface area (Å²) in [7, 11) is 0. The number of nitrogens with one attached hydrogen (secondary N) is 1. The van der Waals surface area contributed by atoms with E-state index < -0.39 is 0 Å². The van der Waals surface area contributed by atoms with Crippen molar-refractivity contribution in [1.29, 1.82) is 5.26 Å². The summed E-state index contributed by atoms with van der Waals surface area (Å²) in [4.78, 5) is 19.9. The molecule has 0 bridgehead atoms. The summed E-state index contributed by atoms with van der Waals surface area (Å²) >= 11 is 15.9. The van der Waals surface area contributed by atoms with Crippen LogP contribution in [0.3, 0.4) is 0 Å². The van der Waals surface area contributed by atoms with E-state index in [1.807, 2.05) is 40.9 Å². The Hall–Kier alpha value is -2.39. The van der Waals surface area contributed by atoms with Gasteiger partial charge in [-0.3, -0.25) is 4.79 Å². The fourth-order valence-corrected chi connectivity index (χ4v) is 4.77. The normalized spacial score (nSPS) is 10.8. The molecule has 7 nitrogen and oxygen atoms in total. The Bertz CT molecular complexity index is 1380. The number of rotatable bonds is 7. The second-order valence-corrected chi connectivity index (χ2v) is 9.87. The Morgan fingerprint density at radius 1 is 1.15 bits per heavy atom. The van der Waals surface area contributed by atoms with Gasteiger partial charge in [-0.25, -0.2) is 9.67 Å². The molecule has 2 aromatic heterocycles. The quantitative estimate of drug-likeness (QED) is 0.178. The zero-order chi connectivity index (χ0) is 23.4. The zero-order valence-electron chi connectivity index (χ0n) is 16.9. The number of thioether (sulfide) groups is 1. The topological polar surface area (TPSA) is 100 Å². The molecule has 0 spiro atoms. The lowest BCUT2D eigenvalue weighted by atomic mass is 10.1. The SMILES string of the molecule is N#Cc1ccc(Cn2cc(CSc3nc(Cc4c(Cl)cccc4Cl)c(I)c(=O)[nH]3)nn2)cc1. The van der Waals surface area contributed by atoms with Crippen molar-refractivity contribution in [3.05, 3.63) is 101 Å². The molecule has 4 rings (SSSR count). The largest absolute Gasteiger partial charge is 0.301 e. The van der Waals surface area contributed by atoms with Crippen LogP contribution in [-0.2, 0) is 18.7 Å². The van der Waals surface area contributed by atoms with Crippen molar-refractivity contribution in [2.45, 2.75) is 23.9 Å². The molecule has 0 amide bonds.